The molecule has 0 aromatic heterocycles. The van der Waals surface area contributed by atoms with Gasteiger partial charge in [0.2, 0.25) is 11.9 Å². The Morgan fingerprint density at radius 1 is 1.24 bits per heavy atom. The van der Waals surface area contributed by atoms with Gasteiger partial charge < -0.3 is 15.5 Å². The molecular formula is C13H14N4O3S. The molecule has 1 saturated heterocycles. The van der Waals surface area contributed by atoms with Gasteiger partial charge in [-0.1, -0.05) is 30.3 Å². The molecule has 0 unspecified atom stereocenters. The average molecular weight is 306 g/mol. The molecule has 0 aliphatic carbocycles. The highest BCUT2D eigenvalue weighted by atomic mass is 32.2. The van der Waals surface area contributed by atoms with Gasteiger partial charge in [0.15, 0.2) is 0 Å². The number of carbonyl (C=O) groups excluding carboxylic acids is 1. The van der Waals surface area contributed by atoms with Crippen molar-refractivity contribution in [3.05, 3.63) is 48.2 Å². The Morgan fingerprint density at radius 3 is 2.62 bits per heavy atom. The van der Waals surface area contributed by atoms with Gasteiger partial charge in [0, 0.05) is 6.20 Å². The zero-order chi connectivity index (χ0) is 15.0. The van der Waals surface area contributed by atoms with Crippen molar-refractivity contribution in [2.24, 2.45) is 4.40 Å². The molecular weight excluding hydrogens is 292 g/mol. The summed E-state index contributed by atoms with van der Waals surface area (Å²) >= 11 is 0. The SMILES string of the molecule is CS(=O)(=O)/N=C1\NC=C[C@H]2NC(=O)[C@H](c3ccccc3)N12. The van der Waals surface area contributed by atoms with E-state index >= 15 is 0 Å². The number of nitrogens with one attached hydrogen (secondary N) is 2. The summed E-state index contributed by atoms with van der Waals surface area (Å²) in [5, 5.41) is 5.60. The van der Waals surface area contributed by atoms with E-state index in [0.717, 1.165) is 11.8 Å². The maximum Gasteiger partial charge on any atom is 0.253 e. The molecule has 2 heterocycles. The summed E-state index contributed by atoms with van der Waals surface area (Å²) < 4.78 is 26.5. The number of nitrogens with zero attached hydrogens (tertiary/aromatic N) is 2. The number of sulfonamides is 1. The largest absolute Gasteiger partial charge is 0.332 e. The summed E-state index contributed by atoms with van der Waals surface area (Å²) in [4.78, 5) is 13.9. The Kier molecular flexibility index (Phi) is 3.17. The van der Waals surface area contributed by atoms with E-state index < -0.39 is 22.2 Å². The molecule has 21 heavy (non-hydrogen) atoms. The molecule has 0 spiro atoms. The Morgan fingerprint density at radius 2 is 1.95 bits per heavy atom. The normalized spacial score (nSPS) is 26.4. The van der Waals surface area contributed by atoms with E-state index in [2.05, 4.69) is 15.0 Å². The van der Waals surface area contributed by atoms with Gasteiger partial charge in [0.1, 0.15) is 12.2 Å². The van der Waals surface area contributed by atoms with Gasteiger partial charge in [-0.3, -0.25) is 4.79 Å². The van der Waals surface area contributed by atoms with Crippen LogP contribution in [0.15, 0.2) is 47.0 Å². The average Bonchev–Trinajstić information content (AvgIpc) is 2.75. The van der Waals surface area contributed by atoms with Crippen molar-refractivity contribution in [2.75, 3.05) is 6.26 Å². The smallest absolute Gasteiger partial charge is 0.253 e. The van der Waals surface area contributed by atoms with Crippen molar-refractivity contribution in [3.63, 3.8) is 0 Å². The van der Waals surface area contributed by atoms with Crippen LogP contribution in [0, 0.1) is 0 Å². The van der Waals surface area contributed by atoms with Crippen LogP contribution in [-0.2, 0) is 14.8 Å². The number of fused-ring (bicyclic) bond motifs is 1. The van der Waals surface area contributed by atoms with Crippen LogP contribution in [0.25, 0.3) is 0 Å². The molecule has 1 aromatic rings. The second kappa shape index (κ2) is 4.88. The third-order valence-electron chi connectivity index (χ3n) is 3.22. The molecule has 3 rings (SSSR count). The minimum absolute atomic E-state index is 0.136. The van der Waals surface area contributed by atoms with Crippen LogP contribution >= 0.6 is 0 Å². The summed E-state index contributed by atoms with van der Waals surface area (Å²) in [5.74, 6) is -0.0574. The summed E-state index contributed by atoms with van der Waals surface area (Å²) in [6.07, 6.45) is 3.91. The fraction of sp³-hybridized carbons (Fsp3) is 0.231. The van der Waals surface area contributed by atoms with Crippen molar-refractivity contribution in [3.8, 4) is 0 Å². The summed E-state index contributed by atoms with van der Waals surface area (Å²) in [6.45, 7) is 0. The lowest BCUT2D eigenvalue weighted by Crippen LogP contribution is -2.48. The quantitative estimate of drug-likeness (QED) is 0.797. The first-order chi connectivity index (χ1) is 9.96. The topological polar surface area (TPSA) is 90.9 Å². The number of amides is 1. The van der Waals surface area contributed by atoms with Gasteiger partial charge in [-0.05, 0) is 11.6 Å². The second-order valence-corrected chi connectivity index (χ2v) is 6.47. The zero-order valence-corrected chi connectivity index (χ0v) is 12.0. The summed E-state index contributed by atoms with van der Waals surface area (Å²) in [5.41, 5.74) is 0.774. The van der Waals surface area contributed by atoms with E-state index in [0.29, 0.717) is 0 Å². The first kappa shape index (κ1) is 13.6. The van der Waals surface area contributed by atoms with E-state index in [1.807, 2.05) is 30.3 Å². The lowest BCUT2D eigenvalue weighted by atomic mass is 10.1. The number of benzene rings is 1. The van der Waals surface area contributed by atoms with Crippen molar-refractivity contribution in [1.82, 2.24) is 15.5 Å². The van der Waals surface area contributed by atoms with E-state index in [9.17, 15) is 13.2 Å². The highest BCUT2D eigenvalue weighted by Gasteiger charge is 2.43. The van der Waals surface area contributed by atoms with Crippen LogP contribution in [-0.4, -0.2) is 37.6 Å². The first-order valence-corrected chi connectivity index (χ1v) is 8.17. The highest BCUT2D eigenvalue weighted by molar-refractivity contribution is 7.89. The van der Waals surface area contributed by atoms with E-state index in [-0.39, 0.29) is 11.9 Å². The van der Waals surface area contributed by atoms with Crippen LogP contribution in [0.3, 0.4) is 0 Å². The number of carbonyl (C=O) groups is 1. The third kappa shape index (κ3) is 2.62. The predicted molar refractivity (Wildman–Crippen MR) is 77.5 cm³/mol. The minimum atomic E-state index is -3.57. The van der Waals surface area contributed by atoms with Crippen LogP contribution < -0.4 is 10.6 Å². The van der Waals surface area contributed by atoms with Crippen molar-refractivity contribution in [2.45, 2.75) is 12.2 Å². The van der Waals surface area contributed by atoms with Gasteiger partial charge in [-0.2, -0.15) is 0 Å². The van der Waals surface area contributed by atoms with Crippen molar-refractivity contribution < 1.29 is 13.2 Å². The molecule has 0 radical (unpaired) electrons. The lowest BCUT2D eigenvalue weighted by Gasteiger charge is -2.31. The van der Waals surface area contributed by atoms with E-state index in [4.69, 9.17) is 0 Å². The molecule has 2 aliphatic rings. The first-order valence-electron chi connectivity index (χ1n) is 6.32. The zero-order valence-electron chi connectivity index (χ0n) is 11.2. The molecule has 2 aliphatic heterocycles. The Labute approximate surface area is 122 Å². The third-order valence-corrected chi connectivity index (χ3v) is 3.72. The molecule has 0 bridgehead atoms. The Hall–Kier alpha value is -2.35. The molecule has 7 nitrogen and oxygen atoms in total. The molecule has 2 N–H and O–H groups in total. The lowest BCUT2D eigenvalue weighted by molar-refractivity contribution is -0.121. The van der Waals surface area contributed by atoms with Crippen LogP contribution in [0.1, 0.15) is 11.6 Å². The number of guanidine groups is 1. The van der Waals surface area contributed by atoms with Gasteiger partial charge in [-0.15, -0.1) is 4.40 Å². The molecule has 0 saturated carbocycles. The van der Waals surface area contributed by atoms with Crippen LogP contribution in [0.5, 0.6) is 0 Å². The van der Waals surface area contributed by atoms with Crippen molar-refractivity contribution in [1.29, 1.82) is 0 Å². The standard InChI is InChI=1S/C13H14N4O3S/c1-21(19,20)16-13-14-8-7-10-15-12(18)11(17(10)13)9-5-3-2-4-6-9/h2-8,10-11H,1H3,(H,14,16)(H,15,18)/t10-,11-/m0/s1. The molecule has 1 amide bonds. The second-order valence-electron chi connectivity index (χ2n) is 4.83. The fourth-order valence-electron chi connectivity index (χ4n) is 2.44. The molecule has 1 aromatic carbocycles. The van der Waals surface area contributed by atoms with E-state index in [1.54, 1.807) is 17.2 Å². The maximum atomic E-state index is 12.2. The van der Waals surface area contributed by atoms with Gasteiger partial charge in [-0.25, -0.2) is 8.42 Å². The summed E-state index contributed by atoms with van der Waals surface area (Å²) in [7, 11) is -3.57. The van der Waals surface area contributed by atoms with Gasteiger partial charge >= 0.3 is 0 Å². The molecule has 8 heteroatoms. The van der Waals surface area contributed by atoms with Gasteiger partial charge in [0.25, 0.3) is 10.0 Å². The Bertz CT molecular complexity index is 727. The van der Waals surface area contributed by atoms with Crippen molar-refractivity contribution >= 4 is 21.9 Å². The minimum Gasteiger partial charge on any atom is -0.332 e. The number of hydrogen-bond acceptors (Lipinski definition) is 3. The highest BCUT2D eigenvalue weighted by Crippen LogP contribution is 2.29. The number of rotatable bonds is 2. The monoisotopic (exact) mass is 306 g/mol. The van der Waals surface area contributed by atoms with Gasteiger partial charge in [0.05, 0.1) is 6.26 Å². The fourth-order valence-corrected chi connectivity index (χ4v) is 2.90. The summed E-state index contributed by atoms with van der Waals surface area (Å²) in [6, 6.07) is 8.54. The molecule has 2 atom stereocenters. The maximum absolute atomic E-state index is 12.2. The van der Waals surface area contributed by atoms with Crippen LogP contribution in [0.4, 0.5) is 0 Å². The Balaban J connectivity index is 2.07. The van der Waals surface area contributed by atoms with E-state index in [1.165, 1.54) is 0 Å². The van der Waals surface area contributed by atoms with Crippen LogP contribution in [0.2, 0.25) is 0 Å². The molecule has 1 fully saturated rings. The molecule has 110 valence electrons. The predicted octanol–water partition coefficient (Wildman–Crippen LogP) is -0.0819. The number of hydrogen-bond donors (Lipinski definition) is 2.